The van der Waals surface area contributed by atoms with E-state index in [9.17, 15) is 4.79 Å². The molecule has 1 aromatic carbocycles. The molecule has 0 aliphatic carbocycles. The lowest BCUT2D eigenvalue weighted by atomic mass is 9.89. The Balaban J connectivity index is 1.54. The van der Waals surface area contributed by atoms with Crippen molar-refractivity contribution in [1.29, 1.82) is 0 Å². The van der Waals surface area contributed by atoms with E-state index in [0.717, 1.165) is 43.2 Å². The standard InChI is InChI=1S/C21H29N5O3/c1-5-19-22-18(23-29-19)13-25-10-15-11-26(21(27)24(2)3)20(17(15)12-25)14-6-8-16(28-4)9-7-14/h6-9,15,17,20H,5,10-13H2,1-4H3/t15-,17-,20+/m1/s1. The number of nitrogens with zero attached hydrogens (tertiary/aromatic N) is 5. The first-order valence-electron chi connectivity index (χ1n) is 10.2. The van der Waals surface area contributed by atoms with Crippen LogP contribution >= 0.6 is 0 Å². The lowest BCUT2D eigenvalue weighted by molar-refractivity contribution is 0.151. The molecule has 3 heterocycles. The molecule has 0 bridgehead atoms. The van der Waals surface area contributed by atoms with Gasteiger partial charge >= 0.3 is 6.03 Å². The molecule has 0 spiro atoms. The van der Waals surface area contributed by atoms with E-state index in [-0.39, 0.29) is 12.1 Å². The summed E-state index contributed by atoms with van der Waals surface area (Å²) in [4.78, 5) is 23.4. The Labute approximate surface area is 171 Å². The summed E-state index contributed by atoms with van der Waals surface area (Å²) in [6.45, 7) is 5.31. The van der Waals surface area contributed by atoms with Crippen LogP contribution in [0.5, 0.6) is 5.75 Å². The Morgan fingerprint density at radius 2 is 2.00 bits per heavy atom. The normalized spacial score (nSPS) is 24.0. The summed E-state index contributed by atoms with van der Waals surface area (Å²) in [5, 5.41) is 4.09. The molecule has 0 unspecified atom stereocenters. The molecule has 2 fully saturated rings. The maximum absolute atomic E-state index is 12.9. The third kappa shape index (κ3) is 3.81. The second kappa shape index (κ2) is 8.02. The summed E-state index contributed by atoms with van der Waals surface area (Å²) in [7, 11) is 5.30. The van der Waals surface area contributed by atoms with Gasteiger partial charge in [0.25, 0.3) is 0 Å². The third-order valence-electron chi connectivity index (χ3n) is 6.00. The van der Waals surface area contributed by atoms with E-state index in [1.54, 1.807) is 12.0 Å². The zero-order chi connectivity index (χ0) is 20.5. The molecule has 2 aliphatic heterocycles. The highest BCUT2D eigenvalue weighted by molar-refractivity contribution is 5.75. The van der Waals surface area contributed by atoms with E-state index in [2.05, 4.69) is 27.2 Å². The van der Waals surface area contributed by atoms with E-state index < -0.39 is 0 Å². The van der Waals surface area contributed by atoms with Crippen LogP contribution in [-0.2, 0) is 13.0 Å². The minimum Gasteiger partial charge on any atom is -0.497 e. The predicted molar refractivity (Wildman–Crippen MR) is 107 cm³/mol. The van der Waals surface area contributed by atoms with E-state index in [0.29, 0.717) is 24.3 Å². The highest BCUT2D eigenvalue weighted by Gasteiger charge is 2.49. The minimum atomic E-state index is 0.0577. The number of rotatable bonds is 5. The number of benzene rings is 1. The quantitative estimate of drug-likeness (QED) is 0.769. The van der Waals surface area contributed by atoms with Gasteiger partial charge in [-0.25, -0.2) is 4.79 Å². The third-order valence-corrected chi connectivity index (χ3v) is 6.00. The van der Waals surface area contributed by atoms with Crippen molar-refractivity contribution in [2.75, 3.05) is 40.8 Å². The molecule has 156 valence electrons. The van der Waals surface area contributed by atoms with Crippen molar-refractivity contribution in [3.63, 3.8) is 0 Å². The monoisotopic (exact) mass is 399 g/mol. The second-order valence-corrected chi connectivity index (χ2v) is 8.12. The number of carbonyl (C=O) groups is 1. The molecule has 4 rings (SSSR count). The smallest absolute Gasteiger partial charge is 0.320 e. The van der Waals surface area contributed by atoms with Gasteiger partial charge in [0.2, 0.25) is 5.89 Å². The number of ether oxygens (including phenoxy) is 1. The van der Waals surface area contributed by atoms with Gasteiger partial charge in [-0.2, -0.15) is 4.98 Å². The van der Waals surface area contributed by atoms with E-state index >= 15 is 0 Å². The van der Waals surface area contributed by atoms with E-state index in [1.807, 2.05) is 38.1 Å². The molecule has 29 heavy (non-hydrogen) atoms. The van der Waals surface area contributed by atoms with Crippen LogP contribution in [-0.4, -0.2) is 71.7 Å². The van der Waals surface area contributed by atoms with Gasteiger partial charge < -0.3 is 19.1 Å². The van der Waals surface area contributed by atoms with Crippen LogP contribution in [0.2, 0.25) is 0 Å². The molecule has 3 atom stereocenters. The van der Waals surface area contributed by atoms with Gasteiger partial charge in [-0.15, -0.1) is 0 Å². The van der Waals surface area contributed by atoms with Crippen molar-refractivity contribution >= 4 is 6.03 Å². The van der Waals surface area contributed by atoms with Crippen molar-refractivity contribution in [3.05, 3.63) is 41.5 Å². The Hall–Kier alpha value is -2.61. The Morgan fingerprint density at radius 3 is 2.62 bits per heavy atom. The van der Waals surface area contributed by atoms with Crippen molar-refractivity contribution in [2.24, 2.45) is 11.8 Å². The van der Waals surface area contributed by atoms with Crippen LogP contribution < -0.4 is 4.74 Å². The number of hydrogen-bond acceptors (Lipinski definition) is 6. The molecule has 2 aromatic rings. The molecular weight excluding hydrogens is 370 g/mol. The van der Waals surface area contributed by atoms with Crippen molar-refractivity contribution < 1.29 is 14.1 Å². The van der Waals surface area contributed by atoms with E-state index in [4.69, 9.17) is 9.26 Å². The van der Waals surface area contributed by atoms with Crippen molar-refractivity contribution in [1.82, 2.24) is 24.8 Å². The van der Waals surface area contributed by atoms with Crippen LogP contribution in [0.25, 0.3) is 0 Å². The number of aromatic nitrogens is 2. The number of carbonyl (C=O) groups excluding carboxylic acids is 1. The van der Waals surface area contributed by atoms with Crippen LogP contribution in [0, 0.1) is 11.8 Å². The first kappa shape index (κ1) is 19.7. The van der Waals surface area contributed by atoms with Crippen LogP contribution in [0.15, 0.2) is 28.8 Å². The van der Waals surface area contributed by atoms with Crippen molar-refractivity contribution in [2.45, 2.75) is 25.9 Å². The maximum atomic E-state index is 12.9. The van der Waals surface area contributed by atoms with Crippen LogP contribution in [0.1, 0.15) is 30.2 Å². The molecule has 0 saturated carbocycles. The number of amides is 2. The average molecular weight is 399 g/mol. The molecule has 2 saturated heterocycles. The fourth-order valence-electron chi connectivity index (χ4n) is 4.65. The first-order chi connectivity index (χ1) is 14.0. The SMILES string of the molecule is CCc1nc(CN2C[C@@H]3CN(C(=O)N(C)C)[C@@H](c4ccc(OC)cc4)[C@@H]3C2)no1. The summed E-state index contributed by atoms with van der Waals surface area (Å²) in [6.07, 6.45) is 0.749. The fourth-order valence-corrected chi connectivity index (χ4v) is 4.65. The van der Waals surface area contributed by atoms with Crippen LogP contribution in [0.4, 0.5) is 4.79 Å². The van der Waals surface area contributed by atoms with E-state index in [1.165, 1.54) is 0 Å². The summed E-state index contributed by atoms with van der Waals surface area (Å²) < 4.78 is 10.6. The molecule has 0 N–H and O–H groups in total. The Bertz CT molecular complexity index is 850. The lowest BCUT2D eigenvalue weighted by Gasteiger charge is -2.31. The maximum Gasteiger partial charge on any atom is 0.320 e. The fraction of sp³-hybridized carbons (Fsp3) is 0.571. The predicted octanol–water partition coefficient (Wildman–Crippen LogP) is 2.43. The largest absolute Gasteiger partial charge is 0.497 e. The second-order valence-electron chi connectivity index (χ2n) is 8.12. The number of fused-ring (bicyclic) bond motifs is 1. The van der Waals surface area contributed by atoms with Gasteiger partial charge in [-0.1, -0.05) is 24.2 Å². The molecule has 0 radical (unpaired) electrons. The van der Waals surface area contributed by atoms with Gasteiger partial charge in [0.1, 0.15) is 5.75 Å². The zero-order valence-corrected chi connectivity index (χ0v) is 17.5. The summed E-state index contributed by atoms with van der Waals surface area (Å²) in [6, 6.07) is 8.23. The highest BCUT2D eigenvalue weighted by Crippen LogP contribution is 2.45. The highest BCUT2D eigenvalue weighted by atomic mass is 16.5. The van der Waals surface area contributed by atoms with Gasteiger partial charge in [-0.05, 0) is 23.6 Å². The van der Waals surface area contributed by atoms with Crippen LogP contribution in [0.3, 0.4) is 0 Å². The van der Waals surface area contributed by atoms with Gasteiger partial charge in [0.15, 0.2) is 5.82 Å². The molecular formula is C21H29N5O3. The number of methoxy groups -OCH3 is 1. The molecule has 2 aliphatic rings. The summed E-state index contributed by atoms with van der Waals surface area (Å²) in [5.41, 5.74) is 1.16. The number of hydrogen-bond donors (Lipinski definition) is 0. The van der Waals surface area contributed by atoms with Gasteiger partial charge in [0.05, 0.1) is 19.7 Å². The lowest BCUT2D eigenvalue weighted by Crippen LogP contribution is -2.41. The Morgan fingerprint density at radius 1 is 1.24 bits per heavy atom. The molecule has 8 nitrogen and oxygen atoms in total. The first-order valence-corrected chi connectivity index (χ1v) is 10.2. The molecule has 2 amide bonds. The Kier molecular flexibility index (Phi) is 5.45. The number of aryl methyl sites for hydroxylation is 1. The molecule has 8 heteroatoms. The van der Waals surface area contributed by atoms with Gasteiger partial charge in [0, 0.05) is 46.1 Å². The zero-order valence-electron chi connectivity index (χ0n) is 17.5. The minimum absolute atomic E-state index is 0.0577. The number of likely N-dealkylation sites (tertiary alicyclic amines) is 2. The van der Waals surface area contributed by atoms with Crippen molar-refractivity contribution in [3.8, 4) is 5.75 Å². The summed E-state index contributed by atoms with van der Waals surface area (Å²) in [5.74, 6) is 3.06. The average Bonchev–Trinajstić information content (AvgIpc) is 3.42. The molecule has 1 aromatic heterocycles. The number of urea groups is 1. The summed E-state index contributed by atoms with van der Waals surface area (Å²) >= 11 is 0. The topological polar surface area (TPSA) is 74.9 Å². The van der Waals surface area contributed by atoms with Gasteiger partial charge in [-0.3, -0.25) is 4.90 Å².